The molecule has 0 radical (unpaired) electrons. The zero-order valence-electron chi connectivity index (χ0n) is 17.2. The number of amides is 1. The number of halogens is 1. The minimum absolute atomic E-state index is 0.0458. The van der Waals surface area contributed by atoms with Gasteiger partial charge in [0.25, 0.3) is 5.91 Å². The van der Waals surface area contributed by atoms with Gasteiger partial charge in [0, 0.05) is 27.8 Å². The van der Waals surface area contributed by atoms with Crippen LogP contribution in [0.3, 0.4) is 0 Å². The van der Waals surface area contributed by atoms with Crippen LogP contribution in [0, 0.1) is 25.2 Å². The molecule has 0 bridgehead atoms. The van der Waals surface area contributed by atoms with E-state index >= 15 is 0 Å². The van der Waals surface area contributed by atoms with E-state index in [2.05, 4.69) is 9.88 Å². The van der Waals surface area contributed by atoms with Gasteiger partial charge in [0.2, 0.25) is 0 Å². The van der Waals surface area contributed by atoms with E-state index in [1.807, 2.05) is 92.7 Å². The summed E-state index contributed by atoms with van der Waals surface area (Å²) in [5.74, 6) is -0.436. The first-order valence-electron chi connectivity index (χ1n) is 9.83. The average molecular weight is 426 g/mol. The first-order chi connectivity index (χ1) is 15.0. The van der Waals surface area contributed by atoms with E-state index < -0.39 is 5.91 Å². The highest BCUT2D eigenvalue weighted by Crippen LogP contribution is 2.25. The van der Waals surface area contributed by atoms with Gasteiger partial charge in [-0.25, -0.2) is 0 Å². The molecule has 1 aromatic heterocycles. The fraction of sp³-hybridized carbons (Fsp3) is 0.0769. The van der Waals surface area contributed by atoms with E-state index in [9.17, 15) is 10.1 Å². The Morgan fingerprint density at radius 2 is 1.71 bits per heavy atom. The molecule has 0 saturated heterocycles. The maximum atomic E-state index is 12.8. The molecule has 3 aromatic carbocycles. The minimum atomic E-state index is -0.436. The van der Waals surface area contributed by atoms with Crippen LogP contribution >= 0.6 is 11.6 Å². The molecule has 0 saturated carbocycles. The summed E-state index contributed by atoms with van der Waals surface area (Å²) in [6.45, 7) is 3.95. The lowest BCUT2D eigenvalue weighted by molar-refractivity contribution is -0.112. The molecule has 31 heavy (non-hydrogen) atoms. The lowest BCUT2D eigenvalue weighted by Crippen LogP contribution is -2.13. The van der Waals surface area contributed by atoms with Crippen LogP contribution in [-0.4, -0.2) is 10.5 Å². The van der Waals surface area contributed by atoms with E-state index in [-0.39, 0.29) is 5.57 Å². The number of hydrogen-bond acceptors (Lipinski definition) is 2. The predicted octanol–water partition coefficient (Wildman–Crippen LogP) is 6.45. The van der Waals surface area contributed by atoms with Crippen molar-refractivity contribution in [3.8, 4) is 11.8 Å². The van der Waals surface area contributed by atoms with E-state index in [0.29, 0.717) is 10.7 Å². The smallest absolute Gasteiger partial charge is 0.266 e. The number of fused-ring (bicyclic) bond motifs is 1. The highest BCUT2D eigenvalue weighted by molar-refractivity contribution is 6.30. The van der Waals surface area contributed by atoms with E-state index in [0.717, 1.165) is 33.4 Å². The van der Waals surface area contributed by atoms with Gasteiger partial charge in [0.1, 0.15) is 11.6 Å². The monoisotopic (exact) mass is 425 g/mol. The van der Waals surface area contributed by atoms with Crippen molar-refractivity contribution in [3.05, 3.63) is 100 Å². The van der Waals surface area contributed by atoms with Gasteiger partial charge in [-0.2, -0.15) is 5.26 Å². The quantitative estimate of drug-likeness (QED) is 0.302. The number of aryl methyl sites for hydroxylation is 1. The van der Waals surface area contributed by atoms with Crippen LogP contribution in [0.5, 0.6) is 0 Å². The Morgan fingerprint density at radius 3 is 2.42 bits per heavy atom. The second-order valence-corrected chi connectivity index (χ2v) is 7.76. The molecule has 0 fully saturated rings. The van der Waals surface area contributed by atoms with Crippen LogP contribution in [0.4, 0.5) is 5.69 Å². The zero-order chi connectivity index (χ0) is 22.0. The molecule has 0 aliphatic heterocycles. The second-order valence-electron chi connectivity index (χ2n) is 7.32. The van der Waals surface area contributed by atoms with Gasteiger partial charge in [-0.15, -0.1) is 0 Å². The maximum Gasteiger partial charge on any atom is 0.266 e. The Labute approximate surface area is 186 Å². The molecule has 4 nitrogen and oxygen atoms in total. The molecular formula is C26H20ClN3O. The summed E-state index contributed by atoms with van der Waals surface area (Å²) < 4.78 is 2.07. The van der Waals surface area contributed by atoms with Gasteiger partial charge >= 0.3 is 0 Å². The molecule has 152 valence electrons. The van der Waals surface area contributed by atoms with Crippen LogP contribution in [-0.2, 0) is 4.79 Å². The van der Waals surface area contributed by atoms with Crippen molar-refractivity contribution in [2.45, 2.75) is 13.8 Å². The summed E-state index contributed by atoms with van der Waals surface area (Å²) in [6.07, 6.45) is 1.63. The number of nitrogens with zero attached hydrogens (tertiary/aromatic N) is 2. The average Bonchev–Trinajstić information content (AvgIpc) is 3.05. The fourth-order valence-electron chi connectivity index (χ4n) is 3.69. The number of rotatable bonds is 4. The molecule has 1 amide bonds. The van der Waals surface area contributed by atoms with Crippen LogP contribution in [0.1, 0.15) is 17.0 Å². The van der Waals surface area contributed by atoms with Gasteiger partial charge in [0.15, 0.2) is 0 Å². The summed E-state index contributed by atoms with van der Waals surface area (Å²) in [5, 5.41) is 15.2. The summed E-state index contributed by atoms with van der Waals surface area (Å²) >= 11 is 6.01. The highest BCUT2D eigenvalue weighted by Gasteiger charge is 2.14. The zero-order valence-corrected chi connectivity index (χ0v) is 17.9. The second kappa shape index (κ2) is 8.51. The summed E-state index contributed by atoms with van der Waals surface area (Å²) in [5.41, 5.74) is 4.42. The molecule has 0 spiro atoms. The van der Waals surface area contributed by atoms with Gasteiger partial charge in [-0.3, -0.25) is 4.79 Å². The van der Waals surface area contributed by atoms with E-state index in [1.165, 1.54) is 0 Å². The standard InChI is InChI=1S/C26H20ClN3O/c1-17-13-21(18(2)30(17)25-11-8-23(27)9-12-25)14-22(16-28)26(31)29-24-10-7-19-5-3-4-6-20(19)15-24/h3-15H,1-2H3,(H,29,31)/b22-14+. The number of carbonyl (C=O) groups is 1. The lowest BCUT2D eigenvalue weighted by atomic mass is 10.1. The van der Waals surface area contributed by atoms with Crippen LogP contribution < -0.4 is 5.32 Å². The van der Waals surface area contributed by atoms with Crippen molar-refractivity contribution in [3.63, 3.8) is 0 Å². The van der Waals surface area contributed by atoms with Gasteiger partial charge in [-0.1, -0.05) is 41.9 Å². The summed E-state index contributed by atoms with van der Waals surface area (Å²) in [7, 11) is 0. The molecule has 1 heterocycles. The molecule has 0 atom stereocenters. The molecule has 4 aromatic rings. The van der Waals surface area contributed by atoms with Gasteiger partial charge in [0.05, 0.1) is 0 Å². The van der Waals surface area contributed by atoms with Crippen LogP contribution in [0.25, 0.3) is 22.5 Å². The molecule has 0 aliphatic carbocycles. The third-order valence-electron chi connectivity index (χ3n) is 5.23. The Bertz CT molecular complexity index is 1360. The number of carbonyl (C=O) groups excluding carboxylic acids is 1. The molecule has 4 rings (SSSR count). The number of hydrogen-bond donors (Lipinski definition) is 1. The highest BCUT2D eigenvalue weighted by atomic mass is 35.5. The van der Waals surface area contributed by atoms with Crippen molar-refractivity contribution >= 4 is 40.0 Å². The van der Waals surface area contributed by atoms with Crippen molar-refractivity contribution < 1.29 is 4.79 Å². The first-order valence-corrected chi connectivity index (χ1v) is 10.2. The summed E-state index contributed by atoms with van der Waals surface area (Å²) in [4.78, 5) is 12.8. The molecule has 0 aliphatic rings. The van der Waals surface area contributed by atoms with Crippen molar-refractivity contribution in [1.82, 2.24) is 4.57 Å². The number of aromatic nitrogens is 1. The van der Waals surface area contributed by atoms with Crippen molar-refractivity contribution in [1.29, 1.82) is 5.26 Å². The Hall–Kier alpha value is -3.81. The van der Waals surface area contributed by atoms with Crippen molar-refractivity contribution in [2.75, 3.05) is 5.32 Å². The number of nitrogens with one attached hydrogen (secondary N) is 1. The molecule has 0 unspecified atom stereocenters. The topological polar surface area (TPSA) is 57.8 Å². The number of anilines is 1. The van der Waals surface area contributed by atoms with Crippen molar-refractivity contribution in [2.24, 2.45) is 0 Å². The van der Waals surface area contributed by atoms with Crippen LogP contribution in [0.2, 0.25) is 5.02 Å². The third-order valence-corrected chi connectivity index (χ3v) is 5.48. The minimum Gasteiger partial charge on any atom is -0.321 e. The largest absolute Gasteiger partial charge is 0.321 e. The Kier molecular flexibility index (Phi) is 5.62. The number of benzene rings is 3. The molecule has 1 N–H and O–H groups in total. The maximum absolute atomic E-state index is 12.8. The van der Waals surface area contributed by atoms with Crippen LogP contribution in [0.15, 0.2) is 78.4 Å². The Balaban J connectivity index is 1.63. The first kappa shape index (κ1) is 20.5. The fourth-order valence-corrected chi connectivity index (χ4v) is 3.82. The summed E-state index contributed by atoms with van der Waals surface area (Å²) in [6, 6.07) is 25.1. The van der Waals surface area contributed by atoms with Gasteiger partial charge in [-0.05, 0) is 78.7 Å². The van der Waals surface area contributed by atoms with E-state index in [1.54, 1.807) is 6.08 Å². The molecular weight excluding hydrogens is 406 g/mol. The normalized spacial score (nSPS) is 11.4. The SMILES string of the molecule is Cc1cc(/C=C(\C#N)C(=O)Nc2ccc3ccccc3c2)c(C)n1-c1ccc(Cl)cc1. The molecule has 5 heteroatoms. The number of nitriles is 1. The van der Waals surface area contributed by atoms with Gasteiger partial charge < -0.3 is 9.88 Å². The lowest BCUT2D eigenvalue weighted by Gasteiger charge is -2.10. The third kappa shape index (κ3) is 4.23. The van der Waals surface area contributed by atoms with E-state index in [4.69, 9.17) is 11.6 Å². The Morgan fingerprint density at radius 1 is 1.00 bits per heavy atom. The predicted molar refractivity (Wildman–Crippen MR) is 126 cm³/mol.